The van der Waals surface area contributed by atoms with E-state index in [1.54, 1.807) is 0 Å². The fraction of sp³-hybridized carbons (Fsp3) is 0.647. The first-order chi connectivity index (χ1) is 9.75. The normalized spacial score (nSPS) is 32.1. The zero-order chi connectivity index (χ0) is 13.8. The smallest absolute Gasteiger partial charge is 0.0449 e. The van der Waals surface area contributed by atoms with E-state index in [4.69, 9.17) is 0 Å². The molecule has 1 aromatic rings. The van der Waals surface area contributed by atoms with Gasteiger partial charge in [0, 0.05) is 23.9 Å². The predicted molar refractivity (Wildman–Crippen MR) is 88.3 cm³/mol. The van der Waals surface area contributed by atoms with E-state index < -0.39 is 0 Å². The van der Waals surface area contributed by atoms with Gasteiger partial charge in [0.2, 0.25) is 0 Å². The van der Waals surface area contributed by atoms with Gasteiger partial charge < -0.3 is 10.2 Å². The first kappa shape index (κ1) is 14.4. The molecule has 20 heavy (non-hydrogen) atoms. The van der Waals surface area contributed by atoms with Crippen LogP contribution in [0.4, 0.5) is 0 Å². The van der Waals surface area contributed by atoms with Crippen molar-refractivity contribution in [1.82, 2.24) is 10.2 Å². The van der Waals surface area contributed by atoms with Gasteiger partial charge in [-0.2, -0.15) is 11.8 Å². The SMILES string of the molecule is CC1(CN2CCCNC(c3ccccc3)C2)CCCS1. The highest BCUT2D eigenvalue weighted by Crippen LogP contribution is 2.38. The first-order valence-electron chi connectivity index (χ1n) is 7.90. The van der Waals surface area contributed by atoms with Crippen molar-refractivity contribution in [2.24, 2.45) is 0 Å². The van der Waals surface area contributed by atoms with Crippen LogP contribution in [0.3, 0.4) is 0 Å². The quantitative estimate of drug-likeness (QED) is 0.919. The highest BCUT2D eigenvalue weighted by Gasteiger charge is 2.32. The van der Waals surface area contributed by atoms with E-state index in [2.05, 4.69) is 59.2 Å². The minimum Gasteiger partial charge on any atom is -0.309 e. The Balaban J connectivity index is 1.66. The first-order valence-corrected chi connectivity index (χ1v) is 8.88. The van der Waals surface area contributed by atoms with Crippen molar-refractivity contribution in [1.29, 1.82) is 0 Å². The largest absolute Gasteiger partial charge is 0.309 e. The van der Waals surface area contributed by atoms with Crippen LogP contribution in [0.1, 0.15) is 37.8 Å². The highest BCUT2D eigenvalue weighted by molar-refractivity contribution is 8.00. The second kappa shape index (κ2) is 6.50. The van der Waals surface area contributed by atoms with Gasteiger partial charge in [-0.15, -0.1) is 0 Å². The van der Waals surface area contributed by atoms with Crippen molar-refractivity contribution < 1.29 is 0 Å². The molecule has 2 heterocycles. The van der Waals surface area contributed by atoms with Gasteiger partial charge in [0.05, 0.1) is 0 Å². The standard InChI is InChI=1S/C17H26N2S/c1-17(9-5-12-20-17)14-19-11-6-10-18-16(13-19)15-7-3-2-4-8-15/h2-4,7-8,16,18H,5-6,9-14H2,1H3. The lowest BCUT2D eigenvalue weighted by Gasteiger charge is -2.32. The Hall–Kier alpha value is -0.510. The molecule has 0 aliphatic carbocycles. The fourth-order valence-electron chi connectivity index (χ4n) is 3.48. The average molecular weight is 290 g/mol. The Morgan fingerprint density at radius 3 is 2.90 bits per heavy atom. The molecule has 2 atom stereocenters. The topological polar surface area (TPSA) is 15.3 Å². The Kier molecular flexibility index (Phi) is 4.69. The molecule has 0 radical (unpaired) electrons. The molecule has 0 saturated carbocycles. The predicted octanol–water partition coefficient (Wildman–Crippen LogP) is 3.31. The summed E-state index contributed by atoms with van der Waals surface area (Å²) < 4.78 is 0.492. The summed E-state index contributed by atoms with van der Waals surface area (Å²) in [6.07, 6.45) is 4.05. The van der Waals surface area contributed by atoms with Crippen molar-refractivity contribution in [3.8, 4) is 0 Å². The molecule has 0 spiro atoms. The summed E-state index contributed by atoms with van der Waals surface area (Å²) in [5.74, 6) is 1.35. The zero-order valence-corrected chi connectivity index (χ0v) is 13.3. The molecule has 3 heteroatoms. The zero-order valence-electron chi connectivity index (χ0n) is 12.5. The van der Waals surface area contributed by atoms with Crippen LogP contribution in [-0.4, -0.2) is 41.6 Å². The molecule has 2 aliphatic rings. The number of hydrogen-bond acceptors (Lipinski definition) is 3. The summed E-state index contributed by atoms with van der Waals surface area (Å²) in [7, 11) is 0. The number of rotatable bonds is 3. The summed E-state index contributed by atoms with van der Waals surface area (Å²) >= 11 is 2.18. The third-order valence-corrected chi connectivity index (χ3v) is 6.07. The van der Waals surface area contributed by atoms with E-state index in [9.17, 15) is 0 Å². The second-order valence-electron chi connectivity index (χ2n) is 6.41. The third-order valence-electron chi connectivity index (χ3n) is 4.54. The van der Waals surface area contributed by atoms with Gasteiger partial charge in [-0.3, -0.25) is 0 Å². The monoisotopic (exact) mass is 290 g/mol. The maximum Gasteiger partial charge on any atom is 0.0449 e. The Bertz CT molecular complexity index is 414. The van der Waals surface area contributed by atoms with Gasteiger partial charge in [-0.25, -0.2) is 0 Å². The molecular weight excluding hydrogens is 264 g/mol. The van der Waals surface area contributed by atoms with Crippen molar-refractivity contribution in [2.45, 2.75) is 37.0 Å². The van der Waals surface area contributed by atoms with E-state index in [1.807, 2.05) is 0 Å². The van der Waals surface area contributed by atoms with E-state index in [0.717, 1.165) is 13.1 Å². The summed E-state index contributed by atoms with van der Waals surface area (Å²) in [5.41, 5.74) is 1.43. The Morgan fingerprint density at radius 1 is 1.30 bits per heavy atom. The van der Waals surface area contributed by atoms with Crippen LogP contribution in [-0.2, 0) is 0 Å². The molecule has 2 nitrogen and oxygen atoms in total. The molecule has 0 bridgehead atoms. The summed E-state index contributed by atoms with van der Waals surface area (Å²) in [6, 6.07) is 11.4. The average Bonchev–Trinajstić information content (AvgIpc) is 2.75. The minimum absolute atomic E-state index is 0.492. The molecule has 110 valence electrons. The number of nitrogens with zero attached hydrogens (tertiary/aromatic N) is 1. The summed E-state index contributed by atoms with van der Waals surface area (Å²) in [6.45, 7) is 7.25. The minimum atomic E-state index is 0.492. The lowest BCUT2D eigenvalue weighted by Crippen LogP contribution is -2.40. The molecule has 1 N–H and O–H groups in total. The fourth-order valence-corrected chi connectivity index (χ4v) is 4.82. The molecule has 3 rings (SSSR count). The van der Waals surface area contributed by atoms with E-state index in [1.165, 1.54) is 43.7 Å². The second-order valence-corrected chi connectivity index (χ2v) is 8.09. The Morgan fingerprint density at radius 2 is 2.15 bits per heavy atom. The van der Waals surface area contributed by atoms with Crippen LogP contribution in [0.2, 0.25) is 0 Å². The van der Waals surface area contributed by atoms with Gasteiger partial charge >= 0.3 is 0 Å². The van der Waals surface area contributed by atoms with Crippen molar-refractivity contribution in [3.05, 3.63) is 35.9 Å². The number of benzene rings is 1. The number of thioether (sulfide) groups is 1. The molecular formula is C17H26N2S. The lowest BCUT2D eigenvalue weighted by molar-refractivity contribution is 0.244. The van der Waals surface area contributed by atoms with E-state index in [-0.39, 0.29) is 0 Å². The van der Waals surface area contributed by atoms with Crippen LogP contribution >= 0.6 is 11.8 Å². The molecule has 2 unspecified atom stereocenters. The van der Waals surface area contributed by atoms with Crippen LogP contribution < -0.4 is 5.32 Å². The van der Waals surface area contributed by atoms with Crippen LogP contribution in [0.25, 0.3) is 0 Å². The van der Waals surface area contributed by atoms with Crippen LogP contribution in [0.5, 0.6) is 0 Å². The number of nitrogens with one attached hydrogen (secondary N) is 1. The highest BCUT2D eigenvalue weighted by atomic mass is 32.2. The van der Waals surface area contributed by atoms with E-state index in [0.29, 0.717) is 10.8 Å². The van der Waals surface area contributed by atoms with Crippen LogP contribution in [0.15, 0.2) is 30.3 Å². The number of hydrogen-bond donors (Lipinski definition) is 1. The molecule has 2 fully saturated rings. The molecule has 2 saturated heterocycles. The van der Waals surface area contributed by atoms with Gasteiger partial charge in [-0.1, -0.05) is 30.3 Å². The maximum atomic E-state index is 3.72. The molecule has 1 aromatic carbocycles. The van der Waals surface area contributed by atoms with E-state index >= 15 is 0 Å². The lowest BCUT2D eigenvalue weighted by atomic mass is 10.0. The molecule has 2 aliphatic heterocycles. The molecule has 0 amide bonds. The maximum absolute atomic E-state index is 3.72. The van der Waals surface area contributed by atoms with Gasteiger partial charge in [-0.05, 0) is 50.6 Å². The van der Waals surface area contributed by atoms with Gasteiger partial charge in [0.1, 0.15) is 0 Å². The van der Waals surface area contributed by atoms with Crippen molar-refractivity contribution in [2.75, 3.05) is 31.9 Å². The van der Waals surface area contributed by atoms with Gasteiger partial charge in [0.15, 0.2) is 0 Å². The summed E-state index contributed by atoms with van der Waals surface area (Å²) in [4.78, 5) is 2.69. The Labute approximate surface area is 127 Å². The van der Waals surface area contributed by atoms with Crippen molar-refractivity contribution >= 4 is 11.8 Å². The van der Waals surface area contributed by atoms with Gasteiger partial charge in [0.25, 0.3) is 0 Å². The third kappa shape index (κ3) is 3.57. The molecule has 0 aromatic heterocycles. The summed E-state index contributed by atoms with van der Waals surface area (Å²) in [5, 5.41) is 3.72. The van der Waals surface area contributed by atoms with Crippen LogP contribution in [0, 0.1) is 0 Å². The van der Waals surface area contributed by atoms with Crippen molar-refractivity contribution in [3.63, 3.8) is 0 Å².